The number of fused-ring (bicyclic) bond motifs is 1. The predicted octanol–water partition coefficient (Wildman–Crippen LogP) is 2.53. The molecular weight excluding hydrogens is 415 g/mol. The van der Waals surface area contributed by atoms with Crippen LogP contribution in [0.1, 0.15) is 11.1 Å². The minimum atomic E-state index is -4.41. The summed E-state index contributed by atoms with van der Waals surface area (Å²) in [7, 11) is 0. The summed E-state index contributed by atoms with van der Waals surface area (Å²) in [6, 6.07) is 9.84. The molecule has 1 aliphatic rings. The third-order valence-corrected chi connectivity index (χ3v) is 5.22. The largest absolute Gasteiger partial charge is 0.416 e. The summed E-state index contributed by atoms with van der Waals surface area (Å²) in [5.41, 5.74) is 3.41. The number of para-hydroxylation sites is 1. The number of halogens is 3. The molecule has 0 radical (unpaired) electrons. The molecule has 8 nitrogen and oxygen atoms in total. The third kappa shape index (κ3) is 4.16. The van der Waals surface area contributed by atoms with Gasteiger partial charge < -0.3 is 14.8 Å². The van der Waals surface area contributed by atoms with Crippen LogP contribution in [0.5, 0.6) is 0 Å². The van der Waals surface area contributed by atoms with Gasteiger partial charge in [0.2, 0.25) is 0 Å². The van der Waals surface area contributed by atoms with Gasteiger partial charge in [-0.15, -0.1) is 5.48 Å². The lowest BCUT2D eigenvalue weighted by molar-refractivity contribution is -0.137. The van der Waals surface area contributed by atoms with E-state index in [1.165, 1.54) is 11.0 Å². The van der Waals surface area contributed by atoms with Crippen molar-refractivity contribution in [1.82, 2.24) is 20.1 Å². The summed E-state index contributed by atoms with van der Waals surface area (Å²) >= 11 is 0. The second kappa shape index (κ2) is 7.89. The molecule has 164 valence electrons. The van der Waals surface area contributed by atoms with Gasteiger partial charge in [0, 0.05) is 31.9 Å². The topological polar surface area (TPSA) is 82.6 Å². The van der Waals surface area contributed by atoms with Crippen molar-refractivity contribution in [3.05, 3.63) is 64.1 Å². The molecule has 0 saturated carbocycles. The van der Waals surface area contributed by atoms with E-state index >= 15 is 0 Å². The van der Waals surface area contributed by atoms with Crippen molar-refractivity contribution in [3.8, 4) is 0 Å². The molecule has 2 aromatic carbocycles. The molecular formula is C20H20F3N5O3. The first-order chi connectivity index (χ1) is 14.7. The molecule has 3 aromatic rings. The number of aryl methyl sites for hydroxylation is 1. The van der Waals surface area contributed by atoms with Gasteiger partial charge in [0.25, 0.3) is 0 Å². The van der Waals surface area contributed by atoms with E-state index < -0.39 is 23.5 Å². The number of anilines is 1. The normalized spacial score (nSPS) is 14.7. The molecule has 2 amide bonds. The number of amides is 2. The minimum absolute atomic E-state index is 0.285. The van der Waals surface area contributed by atoms with Gasteiger partial charge >= 0.3 is 17.9 Å². The molecule has 11 heteroatoms. The highest BCUT2D eigenvalue weighted by Crippen LogP contribution is 2.31. The van der Waals surface area contributed by atoms with Gasteiger partial charge in [0.1, 0.15) is 5.52 Å². The van der Waals surface area contributed by atoms with Crippen LogP contribution in [-0.2, 0) is 6.18 Å². The molecule has 2 N–H and O–H groups in total. The molecule has 2 heterocycles. The lowest BCUT2D eigenvalue weighted by Crippen LogP contribution is -2.53. The third-order valence-electron chi connectivity index (χ3n) is 5.22. The van der Waals surface area contributed by atoms with Crippen LogP contribution < -0.4 is 21.0 Å². The molecule has 1 fully saturated rings. The Morgan fingerprint density at radius 3 is 2.52 bits per heavy atom. The lowest BCUT2D eigenvalue weighted by Gasteiger charge is -2.35. The Morgan fingerprint density at radius 1 is 1.10 bits per heavy atom. The summed E-state index contributed by atoms with van der Waals surface area (Å²) < 4.78 is 39.8. The Morgan fingerprint density at radius 2 is 1.81 bits per heavy atom. The van der Waals surface area contributed by atoms with Crippen LogP contribution >= 0.6 is 0 Å². The van der Waals surface area contributed by atoms with E-state index in [4.69, 9.17) is 4.94 Å². The number of alkyl halides is 3. The Labute approximate surface area is 174 Å². The Balaban J connectivity index is 1.37. The number of urea groups is 1. The van der Waals surface area contributed by atoms with Crippen molar-refractivity contribution in [2.75, 3.05) is 31.1 Å². The van der Waals surface area contributed by atoms with Crippen LogP contribution in [-0.4, -0.2) is 46.8 Å². The number of nitrogens with zero attached hydrogens (tertiary/aromatic N) is 3. The second-order valence-corrected chi connectivity index (χ2v) is 7.21. The molecule has 4 rings (SSSR count). The first kappa shape index (κ1) is 20.6. The van der Waals surface area contributed by atoms with Gasteiger partial charge in [-0.2, -0.15) is 13.2 Å². The van der Waals surface area contributed by atoms with Gasteiger partial charge in [0.05, 0.1) is 11.1 Å². The van der Waals surface area contributed by atoms with E-state index in [-0.39, 0.29) is 13.1 Å². The van der Waals surface area contributed by atoms with E-state index in [1.54, 1.807) is 23.1 Å². The van der Waals surface area contributed by atoms with Gasteiger partial charge in [-0.05, 0) is 36.8 Å². The van der Waals surface area contributed by atoms with Gasteiger partial charge in [-0.3, -0.25) is 4.94 Å². The summed E-state index contributed by atoms with van der Waals surface area (Å²) in [4.78, 5) is 35.7. The fraction of sp³-hybridized carbons (Fsp3) is 0.300. The van der Waals surface area contributed by atoms with Crippen molar-refractivity contribution in [2.24, 2.45) is 0 Å². The van der Waals surface area contributed by atoms with Crippen molar-refractivity contribution in [3.63, 3.8) is 0 Å². The van der Waals surface area contributed by atoms with Crippen molar-refractivity contribution < 1.29 is 22.9 Å². The van der Waals surface area contributed by atoms with E-state index in [0.717, 1.165) is 22.4 Å². The number of carbonyl (C=O) groups excluding carboxylic acids is 1. The summed E-state index contributed by atoms with van der Waals surface area (Å²) in [5, 5.41) is 0. The number of rotatable bonds is 3. The number of hydrogen-bond acceptors (Lipinski definition) is 4. The number of benzene rings is 2. The fourth-order valence-corrected chi connectivity index (χ4v) is 3.54. The van der Waals surface area contributed by atoms with E-state index in [0.29, 0.717) is 29.8 Å². The smallest absolute Gasteiger partial charge is 0.368 e. The number of piperazine rings is 1. The molecule has 0 spiro atoms. The molecule has 0 unspecified atom stereocenters. The second-order valence-electron chi connectivity index (χ2n) is 7.21. The van der Waals surface area contributed by atoms with Crippen LogP contribution in [0.4, 0.5) is 23.7 Å². The SMILES string of the molecule is Cc1cccc2c1[nH]c(=O)n2ONC(=O)N1CCN(c2cccc(C(F)(F)F)c2)CC1. The Hall–Kier alpha value is -3.63. The number of carbonyl (C=O) groups is 1. The molecule has 1 saturated heterocycles. The summed E-state index contributed by atoms with van der Waals surface area (Å²) in [5.74, 6) is 0. The monoisotopic (exact) mass is 435 g/mol. The number of hydroxylamine groups is 1. The quantitative estimate of drug-likeness (QED) is 0.620. The van der Waals surface area contributed by atoms with Crippen LogP contribution in [0.3, 0.4) is 0 Å². The van der Waals surface area contributed by atoms with Crippen LogP contribution in [0.25, 0.3) is 11.0 Å². The zero-order chi connectivity index (χ0) is 22.2. The Bertz CT molecular complexity index is 1160. The average Bonchev–Trinajstić information content (AvgIpc) is 3.08. The summed E-state index contributed by atoms with van der Waals surface area (Å²) in [6.07, 6.45) is -4.41. The van der Waals surface area contributed by atoms with Gasteiger partial charge in [-0.1, -0.05) is 22.9 Å². The average molecular weight is 435 g/mol. The number of hydrogen-bond donors (Lipinski definition) is 2. The highest BCUT2D eigenvalue weighted by atomic mass is 19.4. The molecule has 1 aromatic heterocycles. The number of aromatic amines is 1. The highest BCUT2D eigenvalue weighted by molar-refractivity contribution is 5.78. The first-order valence-corrected chi connectivity index (χ1v) is 9.59. The van der Waals surface area contributed by atoms with Crippen LogP contribution in [0.15, 0.2) is 47.3 Å². The van der Waals surface area contributed by atoms with E-state index in [2.05, 4.69) is 10.5 Å². The Kier molecular flexibility index (Phi) is 5.25. The standard InChI is InChI=1S/C20H20F3N5O3/c1-13-4-2-7-16-17(13)24-18(29)28(16)31-25-19(30)27-10-8-26(9-11-27)15-6-3-5-14(12-15)20(21,22)23/h2-7,12H,8-11H2,1H3,(H,24,29)(H,25,30). The van der Waals surface area contributed by atoms with Crippen LogP contribution in [0.2, 0.25) is 0 Å². The molecule has 0 bridgehead atoms. The van der Waals surface area contributed by atoms with Crippen LogP contribution in [0, 0.1) is 6.92 Å². The molecule has 31 heavy (non-hydrogen) atoms. The maximum absolute atomic E-state index is 12.9. The number of H-pyrrole nitrogens is 1. The number of aromatic nitrogens is 2. The molecule has 0 aliphatic carbocycles. The number of nitrogens with one attached hydrogen (secondary N) is 2. The maximum Gasteiger partial charge on any atom is 0.416 e. The van der Waals surface area contributed by atoms with Crippen molar-refractivity contribution in [2.45, 2.75) is 13.1 Å². The van der Waals surface area contributed by atoms with Crippen molar-refractivity contribution >= 4 is 22.8 Å². The van der Waals surface area contributed by atoms with Gasteiger partial charge in [-0.25, -0.2) is 9.59 Å². The molecule has 0 atom stereocenters. The number of imidazole rings is 1. The van der Waals surface area contributed by atoms with Gasteiger partial charge in [0.15, 0.2) is 0 Å². The van der Waals surface area contributed by atoms with Crippen molar-refractivity contribution in [1.29, 1.82) is 0 Å². The fourth-order valence-electron chi connectivity index (χ4n) is 3.54. The lowest BCUT2D eigenvalue weighted by atomic mass is 10.1. The summed E-state index contributed by atoms with van der Waals surface area (Å²) in [6.45, 7) is 3.13. The maximum atomic E-state index is 12.9. The minimum Gasteiger partial charge on any atom is -0.368 e. The first-order valence-electron chi connectivity index (χ1n) is 9.59. The van der Waals surface area contributed by atoms with E-state index in [9.17, 15) is 22.8 Å². The van der Waals surface area contributed by atoms with E-state index in [1.807, 2.05) is 13.0 Å². The zero-order valence-corrected chi connectivity index (χ0v) is 16.6. The predicted molar refractivity (Wildman–Crippen MR) is 108 cm³/mol. The molecule has 1 aliphatic heterocycles. The zero-order valence-electron chi connectivity index (χ0n) is 16.6. The highest BCUT2D eigenvalue weighted by Gasteiger charge is 2.31.